The Bertz CT molecular complexity index is 71.3. The lowest BCUT2D eigenvalue weighted by atomic mass is 9.99. The number of rotatable bonds is 7. The maximum atomic E-state index is 8.59. The maximum Gasteiger partial charge on any atom is 0.0431 e. The minimum atomic E-state index is 0.359. The van der Waals surface area contributed by atoms with Gasteiger partial charge in [-0.2, -0.15) is 0 Å². The molecule has 11 heavy (non-hydrogen) atoms. The third kappa shape index (κ3) is 7.86. The summed E-state index contributed by atoms with van der Waals surface area (Å²) in [5, 5.41) is 8.59. The summed E-state index contributed by atoms with van der Waals surface area (Å²) in [4.78, 5) is 0. The third-order valence-electron chi connectivity index (χ3n) is 2.16. The lowest BCUT2D eigenvalue weighted by Gasteiger charge is -2.08. The molecule has 0 heterocycles. The Morgan fingerprint density at radius 3 is 2.27 bits per heavy atom. The fraction of sp³-hybridized carbons (Fsp3) is 1.00. The first kappa shape index (κ1) is 11.0. The highest BCUT2D eigenvalue weighted by molar-refractivity contribution is 4.53. The Morgan fingerprint density at radius 2 is 1.73 bits per heavy atom. The molecule has 0 aliphatic rings. The van der Waals surface area contributed by atoms with Crippen molar-refractivity contribution in [3.63, 3.8) is 0 Å². The van der Waals surface area contributed by atoms with Crippen LogP contribution in [-0.2, 0) is 0 Å². The normalized spacial score (nSPS) is 13.4. The molecule has 1 heteroatoms. The number of hydrogen-bond acceptors (Lipinski definition) is 1. The molecule has 68 valence electrons. The van der Waals surface area contributed by atoms with Gasteiger partial charge in [-0.05, 0) is 18.8 Å². The number of aliphatic hydroxyl groups excluding tert-OH is 1. The third-order valence-corrected chi connectivity index (χ3v) is 2.16. The summed E-state index contributed by atoms with van der Waals surface area (Å²) in [6.45, 7) is 4.88. The minimum absolute atomic E-state index is 0.359. The molecule has 0 aromatic rings. The smallest absolute Gasteiger partial charge is 0.0431 e. The van der Waals surface area contributed by atoms with E-state index in [9.17, 15) is 0 Å². The van der Waals surface area contributed by atoms with Gasteiger partial charge >= 0.3 is 0 Å². The SMILES string of the molecule is CCCCCC(C)CCCO. The van der Waals surface area contributed by atoms with Crippen LogP contribution in [0.15, 0.2) is 0 Å². The lowest BCUT2D eigenvalue weighted by Crippen LogP contribution is -1.96. The molecule has 0 aliphatic carbocycles. The fourth-order valence-corrected chi connectivity index (χ4v) is 1.33. The molecule has 0 saturated heterocycles. The van der Waals surface area contributed by atoms with Crippen molar-refractivity contribution in [1.82, 2.24) is 0 Å². The average Bonchev–Trinajstić information content (AvgIpc) is 2.01. The first-order valence-electron chi connectivity index (χ1n) is 4.92. The summed E-state index contributed by atoms with van der Waals surface area (Å²) >= 11 is 0. The van der Waals surface area contributed by atoms with E-state index in [2.05, 4.69) is 13.8 Å². The van der Waals surface area contributed by atoms with E-state index in [-0.39, 0.29) is 0 Å². The van der Waals surface area contributed by atoms with Gasteiger partial charge in [0.05, 0.1) is 0 Å². The van der Waals surface area contributed by atoms with Crippen LogP contribution in [0, 0.1) is 5.92 Å². The number of unbranched alkanes of at least 4 members (excludes halogenated alkanes) is 2. The van der Waals surface area contributed by atoms with E-state index in [1.807, 2.05) is 0 Å². The maximum absolute atomic E-state index is 8.59. The molecule has 0 spiro atoms. The van der Waals surface area contributed by atoms with Gasteiger partial charge in [-0.1, -0.05) is 39.5 Å². The van der Waals surface area contributed by atoms with Crippen LogP contribution in [0.1, 0.15) is 52.4 Å². The molecule has 1 unspecified atom stereocenters. The van der Waals surface area contributed by atoms with Gasteiger partial charge in [-0.15, -0.1) is 0 Å². The van der Waals surface area contributed by atoms with Gasteiger partial charge < -0.3 is 5.11 Å². The molecular formula is C10H22O. The molecule has 0 aliphatic heterocycles. The van der Waals surface area contributed by atoms with Crippen LogP contribution in [0.5, 0.6) is 0 Å². The molecule has 0 saturated carbocycles. The van der Waals surface area contributed by atoms with E-state index >= 15 is 0 Å². The molecule has 0 amide bonds. The number of hydrogen-bond donors (Lipinski definition) is 1. The predicted molar refractivity (Wildman–Crippen MR) is 49.6 cm³/mol. The second kappa shape index (κ2) is 8.06. The minimum Gasteiger partial charge on any atom is -0.396 e. The monoisotopic (exact) mass is 158 g/mol. The molecule has 0 aromatic heterocycles. The highest BCUT2D eigenvalue weighted by atomic mass is 16.2. The van der Waals surface area contributed by atoms with Crippen molar-refractivity contribution in [1.29, 1.82) is 0 Å². The van der Waals surface area contributed by atoms with Crippen LogP contribution in [0.4, 0.5) is 0 Å². The largest absolute Gasteiger partial charge is 0.396 e. The van der Waals surface area contributed by atoms with Crippen LogP contribution >= 0.6 is 0 Å². The van der Waals surface area contributed by atoms with Crippen molar-refractivity contribution in [2.75, 3.05) is 6.61 Å². The zero-order chi connectivity index (χ0) is 8.53. The highest BCUT2D eigenvalue weighted by Gasteiger charge is 1.99. The van der Waals surface area contributed by atoms with Crippen molar-refractivity contribution < 1.29 is 5.11 Å². The van der Waals surface area contributed by atoms with Crippen molar-refractivity contribution in [3.8, 4) is 0 Å². The fourth-order valence-electron chi connectivity index (χ4n) is 1.33. The molecule has 0 bridgehead atoms. The van der Waals surface area contributed by atoms with Gasteiger partial charge in [0.15, 0.2) is 0 Å². The molecule has 0 aromatic carbocycles. The first-order valence-corrected chi connectivity index (χ1v) is 4.92. The van der Waals surface area contributed by atoms with Gasteiger partial charge in [0.2, 0.25) is 0 Å². The zero-order valence-electron chi connectivity index (χ0n) is 7.97. The standard InChI is InChI=1S/C10H22O/c1-3-4-5-7-10(2)8-6-9-11/h10-11H,3-9H2,1-2H3. The van der Waals surface area contributed by atoms with E-state index < -0.39 is 0 Å². The van der Waals surface area contributed by atoms with E-state index in [4.69, 9.17) is 5.11 Å². The lowest BCUT2D eigenvalue weighted by molar-refractivity contribution is 0.270. The van der Waals surface area contributed by atoms with Crippen LogP contribution in [-0.4, -0.2) is 11.7 Å². The van der Waals surface area contributed by atoms with Crippen molar-refractivity contribution in [2.45, 2.75) is 52.4 Å². The molecule has 0 rings (SSSR count). The Labute approximate surface area is 70.8 Å². The topological polar surface area (TPSA) is 20.2 Å². The van der Waals surface area contributed by atoms with E-state index in [1.165, 1.54) is 32.1 Å². The summed E-state index contributed by atoms with van der Waals surface area (Å²) in [6.07, 6.45) is 7.56. The van der Waals surface area contributed by atoms with Crippen LogP contribution in [0.25, 0.3) is 0 Å². The van der Waals surface area contributed by atoms with E-state index in [1.54, 1.807) is 0 Å². The Morgan fingerprint density at radius 1 is 1.09 bits per heavy atom. The predicted octanol–water partition coefficient (Wildman–Crippen LogP) is 2.98. The Hall–Kier alpha value is -0.0400. The summed E-state index contributed by atoms with van der Waals surface area (Å²) < 4.78 is 0. The Balaban J connectivity index is 3.02. The van der Waals surface area contributed by atoms with Crippen molar-refractivity contribution >= 4 is 0 Å². The van der Waals surface area contributed by atoms with Crippen LogP contribution in [0.2, 0.25) is 0 Å². The molecule has 1 N–H and O–H groups in total. The second-order valence-electron chi connectivity index (χ2n) is 3.47. The number of aliphatic hydroxyl groups is 1. The molecule has 1 nitrogen and oxygen atoms in total. The van der Waals surface area contributed by atoms with E-state index in [0.717, 1.165) is 12.3 Å². The van der Waals surface area contributed by atoms with Gasteiger partial charge in [0.1, 0.15) is 0 Å². The summed E-state index contributed by atoms with van der Waals surface area (Å²) in [5.74, 6) is 0.814. The molecule has 0 radical (unpaired) electrons. The van der Waals surface area contributed by atoms with Crippen LogP contribution < -0.4 is 0 Å². The van der Waals surface area contributed by atoms with Gasteiger partial charge in [-0.3, -0.25) is 0 Å². The van der Waals surface area contributed by atoms with Gasteiger partial charge in [0.25, 0.3) is 0 Å². The average molecular weight is 158 g/mol. The quantitative estimate of drug-likeness (QED) is 0.565. The zero-order valence-corrected chi connectivity index (χ0v) is 7.97. The van der Waals surface area contributed by atoms with Gasteiger partial charge in [0, 0.05) is 6.61 Å². The summed E-state index contributed by atoms with van der Waals surface area (Å²) in [5.41, 5.74) is 0. The Kier molecular flexibility index (Phi) is 8.03. The first-order chi connectivity index (χ1) is 5.31. The second-order valence-corrected chi connectivity index (χ2v) is 3.47. The molecule has 0 fully saturated rings. The summed E-state index contributed by atoms with van der Waals surface area (Å²) in [7, 11) is 0. The van der Waals surface area contributed by atoms with E-state index in [0.29, 0.717) is 6.61 Å². The summed E-state index contributed by atoms with van der Waals surface area (Å²) in [6, 6.07) is 0. The highest BCUT2D eigenvalue weighted by Crippen LogP contribution is 2.13. The molecular weight excluding hydrogens is 136 g/mol. The van der Waals surface area contributed by atoms with Gasteiger partial charge in [-0.25, -0.2) is 0 Å². The van der Waals surface area contributed by atoms with Crippen molar-refractivity contribution in [2.24, 2.45) is 5.92 Å². The van der Waals surface area contributed by atoms with Crippen LogP contribution in [0.3, 0.4) is 0 Å². The van der Waals surface area contributed by atoms with Crippen molar-refractivity contribution in [3.05, 3.63) is 0 Å². The molecule has 1 atom stereocenters.